The van der Waals surface area contributed by atoms with Crippen molar-refractivity contribution in [3.63, 3.8) is 0 Å². The molecule has 2 heterocycles. The minimum Gasteiger partial charge on any atom is -0.298 e. The monoisotopic (exact) mass is 385 g/mol. The van der Waals surface area contributed by atoms with Crippen LogP contribution in [0.5, 0.6) is 0 Å². The number of hydrogen-bond acceptors (Lipinski definition) is 2. The first kappa shape index (κ1) is 17.9. The Labute approximate surface area is 174 Å². The lowest BCUT2D eigenvalue weighted by molar-refractivity contribution is -0.131. The number of fused-ring (bicyclic) bond motifs is 7. The molecule has 0 spiro atoms. The van der Waals surface area contributed by atoms with Crippen LogP contribution in [0.25, 0.3) is 0 Å². The van der Waals surface area contributed by atoms with Crippen molar-refractivity contribution < 1.29 is 4.79 Å². The van der Waals surface area contributed by atoms with E-state index in [-0.39, 0.29) is 17.9 Å². The predicted molar refractivity (Wildman–Crippen MR) is 116 cm³/mol. The number of Topliss-reactive ketones (excluding diaryl/α,β-unsaturated/α-hetero) is 1. The van der Waals surface area contributed by atoms with Gasteiger partial charge in [-0.25, -0.2) is 0 Å². The Morgan fingerprint density at radius 2 is 1.41 bits per heavy atom. The Bertz CT molecular complexity index is 838. The van der Waals surface area contributed by atoms with Crippen molar-refractivity contribution in [2.45, 2.75) is 56.5 Å². The Kier molecular flexibility index (Phi) is 4.37. The summed E-state index contributed by atoms with van der Waals surface area (Å²) in [5.41, 5.74) is 2.58. The summed E-state index contributed by atoms with van der Waals surface area (Å²) < 4.78 is 0. The Balaban J connectivity index is 1.41. The van der Waals surface area contributed by atoms with Gasteiger partial charge >= 0.3 is 0 Å². The standard InChI is InChI=1S/C27H31NO/c29-27-23-17-28(25-21-14-8-7-9-18(21)15-16-22(23)25)26(27)24(19-10-3-1-4-11-19)20-12-5-2-6-13-20/h1-6,10-13,18,21-26H,7-9,14-17H2. The van der Waals surface area contributed by atoms with Gasteiger partial charge in [0, 0.05) is 24.4 Å². The van der Waals surface area contributed by atoms with Gasteiger partial charge in [-0.2, -0.15) is 0 Å². The quantitative estimate of drug-likeness (QED) is 0.716. The van der Waals surface area contributed by atoms with Crippen molar-refractivity contribution in [2.75, 3.05) is 6.54 Å². The summed E-state index contributed by atoms with van der Waals surface area (Å²) in [7, 11) is 0. The molecule has 6 rings (SSSR count). The largest absolute Gasteiger partial charge is 0.298 e. The third-order valence-corrected chi connectivity index (χ3v) is 8.67. The number of hydrogen-bond donors (Lipinski definition) is 0. The number of benzene rings is 2. The molecule has 7 atom stereocenters. The van der Waals surface area contributed by atoms with E-state index in [0.29, 0.717) is 17.7 Å². The van der Waals surface area contributed by atoms with E-state index in [0.717, 1.165) is 18.4 Å². The summed E-state index contributed by atoms with van der Waals surface area (Å²) in [6.45, 7) is 1.01. The zero-order valence-corrected chi connectivity index (χ0v) is 17.1. The molecule has 4 aliphatic rings. The summed E-state index contributed by atoms with van der Waals surface area (Å²) in [4.78, 5) is 16.4. The van der Waals surface area contributed by atoms with Gasteiger partial charge in [-0.1, -0.05) is 79.9 Å². The minimum atomic E-state index is 0.0201. The molecule has 0 amide bonds. The first-order valence-electron chi connectivity index (χ1n) is 11.7. The van der Waals surface area contributed by atoms with Gasteiger partial charge in [0.25, 0.3) is 0 Å². The van der Waals surface area contributed by atoms with Crippen LogP contribution >= 0.6 is 0 Å². The van der Waals surface area contributed by atoms with E-state index in [1.54, 1.807) is 0 Å². The van der Waals surface area contributed by atoms with Crippen LogP contribution in [0.4, 0.5) is 0 Å². The fraction of sp³-hybridized carbons (Fsp3) is 0.519. The third kappa shape index (κ3) is 2.75. The predicted octanol–water partition coefficient (Wildman–Crippen LogP) is 5.29. The van der Waals surface area contributed by atoms with Crippen LogP contribution in [0.3, 0.4) is 0 Å². The average molecular weight is 386 g/mol. The zero-order chi connectivity index (χ0) is 19.4. The lowest BCUT2D eigenvalue weighted by Gasteiger charge is -2.51. The molecular weight excluding hydrogens is 354 g/mol. The summed E-state index contributed by atoms with van der Waals surface area (Å²) >= 11 is 0. The SMILES string of the molecule is O=C1C2CN(C1C(c1ccccc1)c1ccccc1)C1C3CCCCC3CCC21. The van der Waals surface area contributed by atoms with Gasteiger partial charge in [0.1, 0.15) is 0 Å². The first-order valence-corrected chi connectivity index (χ1v) is 11.7. The van der Waals surface area contributed by atoms with E-state index in [4.69, 9.17) is 0 Å². The summed E-state index contributed by atoms with van der Waals surface area (Å²) in [6, 6.07) is 22.2. The number of ketones is 1. The zero-order valence-electron chi connectivity index (χ0n) is 17.1. The molecule has 150 valence electrons. The van der Waals surface area contributed by atoms with Crippen LogP contribution in [0.2, 0.25) is 0 Å². The summed E-state index contributed by atoms with van der Waals surface area (Å²) in [5, 5.41) is 0. The molecule has 4 fully saturated rings. The molecule has 7 unspecified atom stereocenters. The second-order valence-corrected chi connectivity index (χ2v) is 9.89. The molecule has 2 saturated heterocycles. The van der Waals surface area contributed by atoms with E-state index < -0.39 is 0 Å². The number of piperidine rings is 1. The molecule has 0 radical (unpaired) electrons. The number of carbonyl (C=O) groups is 1. The second-order valence-electron chi connectivity index (χ2n) is 9.89. The minimum absolute atomic E-state index is 0.0201. The van der Waals surface area contributed by atoms with E-state index in [9.17, 15) is 4.79 Å². The van der Waals surface area contributed by atoms with E-state index in [2.05, 4.69) is 65.6 Å². The van der Waals surface area contributed by atoms with Crippen molar-refractivity contribution in [3.05, 3.63) is 71.8 Å². The van der Waals surface area contributed by atoms with Crippen molar-refractivity contribution in [1.82, 2.24) is 4.90 Å². The van der Waals surface area contributed by atoms with Crippen molar-refractivity contribution >= 4 is 5.78 Å². The van der Waals surface area contributed by atoms with Crippen molar-refractivity contribution in [3.8, 4) is 0 Å². The Hall–Kier alpha value is -1.93. The highest BCUT2D eigenvalue weighted by Gasteiger charge is 2.61. The van der Waals surface area contributed by atoms with Crippen LogP contribution in [-0.4, -0.2) is 29.3 Å². The Morgan fingerprint density at radius 1 is 0.759 bits per heavy atom. The normalized spacial score (nSPS) is 38.1. The van der Waals surface area contributed by atoms with Crippen LogP contribution in [-0.2, 0) is 4.79 Å². The molecule has 2 aliphatic carbocycles. The highest BCUT2D eigenvalue weighted by molar-refractivity contribution is 5.91. The molecule has 2 saturated carbocycles. The van der Waals surface area contributed by atoms with E-state index in [1.165, 1.54) is 49.7 Å². The average Bonchev–Trinajstić information content (AvgIpc) is 3.32. The number of rotatable bonds is 3. The van der Waals surface area contributed by atoms with E-state index in [1.807, 2.05) is 0 Å². The highest BCUT2D eigenvalue weighted by atomic mass is 16.1. The smallest absolute Gasteiger partial charge is 0.155 e. The molecule has 0 N–H and O–H groups in total. The lowest BCUT2D eigenvalue weighted by atomic mass is 9.61. The topological polar surface area (TPSA) is 20.3 Å². The van der Waals surface area contributed by atoms with Gasteiger partial charge in [0.2, 0.25) is 0 Å². The van der Waals surface area contributed by atoms with Crippen molar-refractivity contribution in [2.24, 2.45) is 23.7 Å². The maximum absolute atomic E-state index is 13.7. The molecule has 2 heteroatoms. The molecule has 2 aliphatic heterocycles. The second kappa shape index (κ2) is 7.09. The molecule has 2 nitrogen and oxygen atoms in total. The summed E-state index contributed by atoms with van der Waals surface area (Å²) in [5.74, 6) is 3.33. The Morgan fingerprint density at radius 3 is 2.10 bits per heavy atom. The number of carbonyl (C=O) groups excluding carboxylic acids is 1. The maximum atomic E-state index is 13.7. The van der Waals surface area contributed by atoms with Crippen LogP contribution in [0, 0.1) is 23.7 Å². The van der Waals surface area contributed by atoms with Gasteiger partial charge in [-0.05, 0) is 48.1 Å². The number of nitrogens with zero attached hydrogens (tertiary/aromatic N) is 1. The molecule has 2 aromatic carbocycles. The highest BCUT2D eigenvalue weighted by Crippen LogP contribution is 2.56. The van der Waals surface area contributed by atoms with Gasteiger partial charge in [0.05, 0.1) is 6.04 Å². The van der Waals surface area contributed by atoms with Crippen LogP contribution in [0.1, 0.15) is 55.6 Å². The van der Waals surface area contributed by atoms with Gasteiger partial charge in [0.15, 0.2) is 5.78 Å². The van der Waals surface area contributed by atoms with Crippen molar-refractivity contribution in [1.29, 1.82) is 0 Å². The molecule has 2 bridgehead atoms. The first-order chi connectivity index (χ1) is 14.3. The van der Waals surface area contributed by atoms with Crippen LogP contribution in [0.15, 0.2) is 60.7 Å². The van der Waals surface area contributed by atoms with E-state index >= 15 is 0 Å². The lowest BCUT2D eigenvalue weighted by Crippen LogP contribution is -2.56. The van der Waals surface area contributed by atoms with Gasteiger partial charge in [-0.15, -0.1) is 0 Å². The maximum Gasteiger partial charge on any atom is 0.155 e. The fourth-order valence-corrected chi connectivity index (χ4v) is 7.57. The molecule has 29 heavy (non-hydrogen) atoms. The third-order valence-electron chi connectivity index (χ3n) is 8.67. The molecule has 0 aromatic heterocycles. The fourth-order valence-electron chi connectivity index (χ4n) is 7.57. The summed E-state index contributed by atoms with van der Waals surface area (Å²) in [6.07, 6.45) is 8.27. The molecule has 2 aromatic rings. The van der Waals surface area contributed by atoms with Gasteiger partial charge in [-0.3, -0.25) is 9.69 Å². The van der Waals surface area contributed by atoms with Gasteiger partial charge < -0.3 is 0 Å². The van der Waals surface area contributed by atoms with Crippen LogP contribution < -0.4 is 0 Å². The molecular formula is C27H31NO.